The number of carbonyl (C=O) groups excluding carboxylic acids is 1. The lowest BCUT2D eigenvalue weighted by Gasteiger charge is -2.53. The lowest BCUT2D eigenvalue weighted by atomic mass is 9.88. The molecule has 1 unspecified atom stereocenters. The van der Waals surface area contributed by atoms with Crippen molar-refractivity contribution in [3.63, 3.8) is 0 Å². The Morgan fingerprint density at radius 1 is 1.24 bits per heavy atom. The molecule has 1 N–H and O–H groups in total. The van der Waals surface area contributed by atoms with Crippen molar-refractivity contribution in [1.82, 2.24) is 0 Å². The molecule has 2 aromatic carbocycles. The van der Waals surface area contributed by atoms with Crippen molar-refractivity contribution in [2.24, 2.45) is 0 Å². The molecule has 2 aromatic rings. The summed E-state index contributed by atoms with van der Waals surface area (Å²) in [4.78, 5) is 13.7. The zero-order chi connectivity index (χ0) is 11.6. The first-order valence-corrected chi connectivity index (χ1v) is 5.82. The average Bonchev–Trinajstić information content (AvgIpc) is 2.27. The molecule has 0 saturated carbocycles. The van der Waals surface area contributed by atoms with E-state index in [2.05, 4.69) is 30.4 Å². The van der Waals surface area contributed by atoms with E-state index in [1.165, 1.54) is 5.39 Å². The number of nitrogens with zero attached hydrogens (tertiary/aromatic N) is 1. The number of nitrogens with one attached hydrogen (secondary N) is 1. The molecule has 0 aromatic heterocycles. The first kappa shape index (κ1) is 9.05. The summed E-state index contributed by atoms with van der Waals surface area (Å²) in [5, 5.41) is 5.80. The highest BCUT2D eigenvalue weighted by atomic mass is 16.2. The smallest absolute Gasteiger partial charge is 0.233 e. The van der Waals surface area contributed by atoms with E-state index in [0.717, 1.165) is 16.8 Å². The molecule has 0 radical (unpaired) electrons. The molecule has 0 bridgehead atoms. The van der Waals surface area contributed by atoms with E-state index in [1.54, 1.807) is 0 Å². The Hall–Kier alpha value is -2.03. The van der Waals surface area contributed by atoms with Crippen molar-refractivity contribution in [1.29, 1.82) is 0 Å². The van der Waals surface area contributed by atoms with Crippen LogP contribution in [0.4, 0.5) is 11.4 Å². The number of anilines is 2. The Bertz CT molecular complexity index is 659. The standard InChI is InChI=1S/C14H12N2O/c1-14-8-12(17)16(14)11-7-3-5-9-4-2-6-10(15-14)13(9)11/h2-7,15H,8H2,1H3. The van der Waals surface area contributed by atoms with Crippen LogP contribution in [0.15, 0.2) is 36.4 Å². The molecule has 2 heterocycles. The van der Waals surface area contributed by atoms with E-state index in [1.807, 2.05) is 23.1 Å². The zero-order valence-electron chi connectivity index (χ0n) is 9.53. The monoisotopic (exact) mass is 224 g/mol. The zero-order valence-corrected chi connectivity index (χ0v) is 9.53. The fraction of sp³-hybridized carbons (Fsp3) is 0.214. The number of benzene rings is 2. The van der Waals surface area contributed by atoms with Crippen LogP contribution in [0.2, 0.25) is 0 Å². The Balaban J connectivity index is 2.11. The molecule has 3 nitrogen and oxygen atoms in total. The third-order valence-electron chi connectivity index (χ3n) is 3.77. The van der Waals surface area contributed by atoms with Gasteiger partial charge in [-0.3, -0.25) is 9.69 Å². The maximum Gasteiger partial charge on any atom is 0.233 e. The minimum absolute atomic E-state index is 0.196. The first-order valence-electron chi connectivity index (χ1n) is 5.82. The lowest BCUT2D eigenvalue weighted by Crippen LogP contribution is -2.67. The van der Waals surface area contributed by atoms with Crippen molar-refractivity contribution >= 4 is 28.1 Å². The van der Waals surface area contributed by atoms with Crippen molar-refractivity contribution in [2.45, 2.75) is 19.0 Å². The van der Waals surface area contributed by atoms with Crippen molar-refractivity contribution in [2.75, 3.05) is 10.2 Å². The highest BCUT2D eigenvalue weighted by Crippen LogP contribution is 2.47. The topological polar surface area (TPSA) is 32.3 Å². The molecular weight excluding hydrogens is 212 g/mol. The van der Waals surface area contributed by atoms with Gasteiger partial charge >= 0.3 is 0 Å². The Morgan fingerprint density at radius 3 is 2.76 bits per heavy atom. The number of hydrogen-bond donors (Lipinski definition) is 1. The summed E-state index contributed by atoms with van der Waals surface area (Å²) in [5.41, 5.74) is 1.93. The van der Waals surface area contributed by atoms with Crippen LogP contribution >= 0.6 is 0 Å². The quantitative estimate of drug-likeness (QED) is 0.698. The minimum atomic E-state index is -0.236. The van der Waals surface area contributed by atoms with Gasteiger partial charge in [0.2, 0.25) is 5.91 Å². The first-order chi connectivity index (χ1) is 8.19. The molecule has 1 amide bonds. The third-order valence-corrected chi connectivity index (χ3v) is 3.77. The Morgan fingerprint density at radius 2 is 2.00 bits per heavy atom. The molecule has 0 spiro atoms. The summed E-state index contributed by atoms with van der Waals surface area (Å²) in [6, 6.07) is 12.3. The summed E-state index contributed by atoms with van der Waals surface area (Å²) in [6.07, 6.45) is 0.567. The summed E-state index contributed by atoms with van der Waals surface area (Å²) >= 11 is 0. The maximum atomic E-state index is 11.8. The van der Waals surface area contributed by atoms with E-state index in [9.17, 15) is 4.79 Å². The van der Waals surface area contributed by atoms with Crippen molar-refractivity contribution in [3.05, 3.63) is 36.4 Å². The SMILES string of the molecule is CC12CC(=O)N1c1cccc3cccc(c13)N2. The van der Waals surface area contributed by atoms with Gasteiger partial charge in [0.25, 0.3) is 0 Å². The van der Waals surface area contributed by atoms with Crippen LogP contribution in [0.25, 0.3) is 10.8 Å². The molecule has 4 rings (SSSR count). The number of β-lactam (4-membered cyclic amide) rings is 1. The normalized spacial score (nSPS) is 25.2. The molecule has 2 aliphatic heterocycles. The van der Waals surface area contributed by atoms with Gasteiger partial charge in [0.05, 0.1) is 12.1 Å². The van der Waals surface area contributed by atoms with Gasteiger partial charge in [-0.2, -0.15) is 0 Å². The van der Waals surface area contributed by atoms with E-state index in [-0.39, 0.29) is 11.6 Å². The second-order valence-electron chi connectivity index (χ2n) is 4.99. The molecule has 2 aliphatic rings. The fourth-order valence-corrected chi connectivity index (χ4v) is 3.04. The van der Waals surface area contributed by atoms with E-state index in [4.69, 9.17) is 0 Å². The summed E-state index contributed by atoms with van der Waals surface area (Å²) in [6.45, 7) is 2.07. The molecule has 0 aliphatic carbocycles. The number of rotatable bonds is 0. The maximum absolute atomic E-state index is 11.8. The van der Waals surface area contributed by atoms with Gasteiger partial charge in [0.15, 0.2) is 0 Å². The van der Waals surface area contributed by atoms with Gasteiger partial charge in [0.1, 0.15) is 5.66 Å². The van der Waals surface area contributed by atoms with Crippen LogP contribution in [0.1, 0.15) is 13.3 Å². The van der Waals surface area contributed by atoms with E-state index >= 15 is 0 Å². The van der Waals surface area contributed by atoms with Gasteiger partial charge in [0, 0.05) is 11.1 Å². The molecular formula is C14H12N2O. The number of fused-ring (bicyclic) bond motifs is 2. The lowest BCUT2D eigenvalue weighted by molar-refractivity contribution is -0.126. The van der Waals surface area contributed by atoms with Gasteiger partial charge in [-0.15, -0.1) is 0 Å². The fourth-order valence-electron chi connectivity index (χ4n) is 3.04. The predicted molar refractivity (Wildman–Crippen MR) is 68.1 cm³/mol. The largest absolute Gasteiger partial charge is 0.362 e. The van der Waals surface area contributed by atoms with Crippen LogP contribution in [0.3, 0.4) is 0 Å². The van der Waals surface area contributed by atoms with Crippen molar-refractivity contribution < 1.29 is 4.79 Å². The average molecular weight is 224 g/mol. The number of hydrogen-bond acceptors (Lipinski definition) is 2. The summed E-state index contributed by atoms with van der Waals surface area (Å²) < 4.78 is 0. The van der Waals surface area contributed by atoms with Crippen molar-refractivity contribution in [3.8, 4) is 0 Å². The Labute approximate surface area is 99.0 Å². The highest BCUT2D eigenvalue weighted by molar-refractivity contribution is 6.16. The predicted octanol–water partition coefficient (Wildman–Crippen LogP) is 2.72. The van der Waals surface area contributed by atoms with Crippen LogP contribution in [-0.4, -0.2) is 11.6 Å². The second kappa shape index (κ2) is 2.62. The minimum Gasteiger partial charge on any atom is -0.362 e. The van der Waals surface area contributed by atoms with Gasteiger partial charge in [-0.25, -0.2) is 0 Å². The van der Waals surface area contributed by atoms with Crippen LogP contribution < -0.4 is 10.2 Å². The van der Waals surface area contributed by atoms with E-state index in [0.29, 0.717) is 6.42 Å². The van der Waals surface area contributed by atoms with Crippen LogP contribution in [-0.2, 0) is 4.79 Å². The summed E-state index contributed by atoms with van der Waals surface area (Å²) in [7, 11) is 0. The molecule has 1 fully saturated rings. The molecule has 1 atom stereocenters. The highest BCUT2D eigenvalue weighted by Gasteiger charge is 2.51. The molecule has 84 valence electrons. The van der Waals surface area contributed by atoms with Crippen LogP contribution in [0, 0.1) is 0 Å². The number of carbonyl (C=O) groups is 1. The van der Waals surface area contributed by atoms with Gasteiger partial charge in [-0.1, -0.05) is 24.3 Å². The van der Waals surface area contributed by atoms with E-state index < -0.39 is 0 Å². The van der Waals surface area contributed by atoms with Gasteiger partial charge in [-0.05, 0) is 24.4 Å². The molecule has 3 heteroatoms. The van der Waals surface area contributed by atoms with Crippen LogP contribution in [0.5, 0.6) is 0 Å². The third kappa shape index (κ3) is 0.947. The Kier molecular flexibility index (Phi) is 1.39. The molecule has 1 saturated heterocycles. The summed E-state index contributed by atoms with van der Waals surface area (Å²) in [5.74, 6) is 0.196. The molecule has 17 heavy (non-hydrogen) atoms. The number of amides is 1. The van der Waals surface area contributed by atoms with Gasteiger partial charge < -0.3 is 5.32 Å². The second-order valence-corrected chi connectivity index (χ2v) is 4.99.